The van der Waals surface area contributed by atoms with Crippen molar-refractivity contribution in [2.24, 2.45) is 5.73 Å². The summed E-state index contributed by atoms with van der Waals surface area (Å²) in [6, 6.07) is 4.01. The van der Waals surface area contributed by atoms with E-state index in [0.717, 1.165) is 40.1 Å². The molecular weight excluding hydrogens is 210 g/mol. The molecule has 0 saturated carbocycles. The maximum Gasteiger partial charge on any atom is 0.241 e. The Morgan fingerprint density at radius 3 is 2.87 bits per heavy atom. The van der Waals surface area contributed by atoms with E-state index in [-0.39, 0.29) is 0 Å². The second-order valence-electron chi connectivity index (χ2n) is 3.84. The number of hydrogen-bond donors (Lipinski definition) is 1. The second-order valence-corrected chi connectivity index (χ2v) is 4.25. The molecular formula is C12H12ClNO. The molecule has 0 bridgehead atoms. The van der Waals surface area contributed by atoms with Gasteiger partial charge < -0.3 is 5.73 Å². The number of carbonyl (C=O) groups is 1. The zero-order valence-electron chi connectivity index (χ0n) is 8.51. The van der Waals surface area contributed by atoms with Gasteiger partial charge in [0.15, 0.2) is 0 Å². The predicted molar refractivity (Wildman–Crippen MR) is 61.7 cm³/mol. The smallest absolute Gasteiger partial charge is 0.241 e. The molecule has 0 aliphatic heterocycles. The molecule has 0 saturated heterocycles. The summed E-state index contributed by atoms with van der Waals surface area (Å²) in [5.74, 6) is -0.393. The summed E-state index contributed by atoms with van der Waals surface area (Å²) in [6.45, 7) is 1.99. The average Bonchev–Trinajstić information content (AvgIpc) is 2.48. The highest BCUT2D eigenvalue weighted by atomic mass is 35.5. The standard InChI is InChI=1S/C12H12ClNO/c1-7-4-10-8(6-12(14)15)2-3-9(10)11(13)5-7/h4-6H,2-3H2,1H3,(H2,14,15)/b8-6+. The highest BCUT2D eigenvalue weighted by Crippen LogP contribution is 2.37. The zero-order valence-corrected chi connectivity index (χ0v) is 9.27. The largest absolute Gasteiger partial charge is 0.366 e. The Hall–Kier alpha value is -1.28. The molecule has 1 aromatic carbocycles. The predicted octanol–water partition coefficient (Wildman–Crippen LogP) is 2.46. The molecule has 1 aromatic rings. The fourth-order valence-electron chi connectivity index (χ4n) is 2.03. The molecule has 2 N–H and O–H groups in total. The van der Waals surface area contributed by atoms with Crippen molar-refractivity contribution in [2.45, 2.75) is 19.8 Å². The molecule has 2 nitrogen and oxygen atoms in total. The minimum atomic E-state index is -0.393. The third-order valence-electron chi connectivity index (χ3n) is 2.65. The molecule has 1 aliphatic rings. The van der Waals surface area contributed by atoms with Crippen molar-refractivity contribution in [1.29, 1.82) is 0 Å². The number of benzene rings is 1. The number of halogens is 1. The van der Waals surface area contributed by atoms with Gasteiger partial charge >= 0.3 is 0 Å². The van der Waals surface area contributed by atoms with Gasteiger partial charge in [0.1, 0.15) is 0 Å². The maximum absolute atomic E-state index is 10.8. The summed E-state index contributed by atoms with van der Waals surface area (Å²) in [4.78, 5) is 10.8. The Labute approximate surface area is 93.7 Å². The number of aryl methyl sites for hydroxylation is 1. The Kier molecular flexibility index (Phi) is 2.53. The molecule has 0 heterocycles. The van der Waals surface area contributed by atoms with Gasteiger partial charge in [0.05, 0.1) is 0 Å². The summed E-state index contributed by atoms with van der Waals surface area (Å²) < 4.78 is 0. The zero-order chi connectivity index (χ0) is 11.0. The van der Waals surface area contributed by atoms with Crippen molar-refractivity contribution in [3.8, 4) is 0 Å². The van der Waals surface area contributed by atoms with Crippen LogP contribution >= 0.6 is 11.6 Å². The first-order chi connectivity index (χ1) is 7.08. The lowest BCUT2D eigenvalue weighted by molar-refractivity contribution is -0.113. The van der Waals surface area contributed by atoms with E-state index >= 15 is 0 Å². The average molecular weight is 222 g/mol. The van der Waals surface area contributed by atoms with Gasteiger partial charge in [0.2, 0.25) is 5.91 Å². The Morgan fingerprint density at radius 1 is 1.47 bits per heavy atom. The van der Waals surface area contributed by atoms with Crippen molar-refractivity contribution >= 4 is 23.1 Å². The second kappa shape index (κ2) is 3.70. The van der Waals surface area contributed by atoms with Crippen LogP contribution in [-0.4, -0.2) is 5.91 Å². The van der Waals surface area contributed by atoms with E-state index in [2.05, 4.69) is 6.07 Å². The third-order valence-corrected chi connectivity index (χ3v) is 2.98. The molecule has 1 amide bonds. The first-order valence-corrected chi connectivity index (χ1v) is 5.25. The molecule has 2 rings (SSSR count). The fourth-order valence-corrected chi connectivity index (χ4v) is 2.40. The van der Waals surface area contributed by atoms with Crippen LogP contribution in [0.1, 0.15) is 23.1 Å². The van der Waals surface area contributed by atoms with Crippen molar-refractivity contribution in [3.05, 3.63) is 39.9 Å². The van der Waals surface area contributed by atoms with E-state index in [4.69, 9.17) is 17.3 Å². The number of nitrogens with two attached hydrogens (primary N) is 1. The lowest BCUT2D eigenvalue weighted by Gasteiger charge is -2.04. The molecule has 0 unspecified atom stereocenters. The number of hydrogen-bond acceptors (Lipinski definition) is 1. The van der Waals surface area contributed by atoms with Crippen molar-refractivity contribution in [1.82, 2.24) is 0 Å². The SMILES string of the molecule is Cc1cc(Cl)c2c(c1)/C(=C/C(N)=O)CC2. The first kappa shape index (κ1) is 10.2. The van der Waals surface area contributed by atoms with Crippen LogP contribution in [0.5, 0.6) is 0 Å². The van der Waals surface area contributed by atoms with Crippen LogP contribution in [0.3, 0.4) is 0 Å². The molecule has 0 radical (unpaired) electrons. The summed E-state index contributed by atoms with van der Waals surface area (Å²) in [5.41, 5.74) is 9.48. The number of carbonyl (C=O) groups excluding carboxylic acids is 1. The van der Waals surface area contributed by atoms with E-state index in [1.807, 2.05) is 13.0 Å². The fraction of sp³-hybridized carbons (Fsp3) is 0.250. The Balaban J connectivity index is 2.55. The lowest BCUT2D eigenvalue weighted by Crippen LogP contribution is -2.06. The van der Waals surface area contributed by atoms with Crippen LogP contribution in [0.15, 0.2) is 18.2 Å². The van der Waals surface area contributed by atoms with Gasteiger partial charge in [-0.25, -0.2) is 0 Å². The molecule has 1 aliphatic carbocycles. The molecule has 0 spiro atoms. The summed E-state index contributed by atoms with van der Waals surface area (Å²) in [6.07, 6.45) is 3.25. The number of rotatable bonds is 1. The summed E-state index contributed by atoms with van der Waals surface area (Å²) in [7, 11) is 0. The van der Waals surface area contributed by atoms with Crippen molar-refractivity contribution < 1.29 is 4.79 Å². The minimum absolute atomic E-state index is 0.393. The molecule has 0 fully saturated rings. The van der Waals surface area contributed by atoms with Crippen LogP contribution < -0.4 is 5.73 Å². The van der Waals surface area contributed by atoms with Crippen molar-refractivity contribution in [3.63, 3.8) is 0 Å². The minimum Gasteiger partial charge on any atom is -0.366 e. The van der Waals surface area contributed by atoms with Gasteiger partial charge in [-0.1, -0.05) is 17.7 Å². The topological polar surface area (TPSA) is 43.1 Å². The van der Waals surface area contributed by atoms with Crippen LogP contribution in [0.25, 0.3) is 5.57 Å². The Morgan fingerprint density at radius 2 is 2.20 bits per heavy atom. The number of fused-ring (bicyclic) bond motifs is 1. The maximum atomic E-state index is 10.8. The van der Waals surface area contributed by atoms with Gasteiger partial charge in [0.25, 0.3) is 0 Å². The molecule has 3 heteroatoms. The lowest BCUT2D eigenvalue weighted by atomic mass is 10.0. The van der Waals surface area contributed by atoms with Gasteiger partial charge in [-0.3, -0.25) is 4.79 Å². The number of amides is 1. The summed E-state index contributed by atoms with van der Waals surface area (Å²) >= 11 is 6.13. The van der Waals surface area contributed by atoms with Crippen LogP contribution in [0.2, 0.25) is 5.02 Å². The normalized spacial score (nSPS) is 16.8. The number of allylic oxidation sites excluding steroid dienone is 1. The van der Waals surface area contributed by atoms with Gasteiger partial charge in [-0.15, -0.1) is 0 Å². The van der Waals surface area contributed by atoms with E-state index in [0.29, 0.717) is 0 Å². The van der Waals surface area contributed by atoms with E-state index in [1.165, 1.54) is 6.08 Å². The third kappa shape index (κ3) is 1.90. The van der Waals surface area contributed by atoms with Crippen LogP contribution in [0.4, 0.5) is 0 Å². The first-order valence-electron chi connectivity index (χ1n) is 4.87. The van der Waals surface area contributed by atoms with E-state index in [9.17, 15) is 4.79 Å². The molecule has 0 atom stereocenters. The summed E-state index contributed by atoms with van der Waals surface area (Å²) in [5, 5.41) is 0.790. The van der Waals surface area contributed by atoms with E-state index in [1.54, 1.807) is 0 Å². The number of primary amides is 1. The van der Waals surface area contributed by atoms with Gasteiger partial charge in [-0.2, -0.15) is 0 Å². The van der Waals surface area contributed by atoms with Crippen LogP contribution in [-0.2, 0) is 11.2 Å². The van der Waals surface area contributed by atoms with Gasteiger partial charge in [0, 0.05) is 11.1 Å². The van der Waals surface area contributed by atoms with Crippen LogP contribution in [0, 0.1) is 6.92 Å². The highest BCUT2D eigenvalue weighted by molar-refractivity contribution is 6.31. The van der Waals surface area contributed by atoms with Gasteiger partial charge in [-0.05, 0) is 48.1 Å². The highest BCUT2D eigenvalue weighted by Gasteiger charge is 2.19. The molecule has 15 heavy (non-hydrogen) atoms. The molecule has 0 aromatic heterocycles. The van der Waals surface area contributed by atoms with E-state index < -0.39 is 5.91 Å². The monoisotopic (exact) mass is 221 g/mol. The van der Waals surface area contributed by atoms with Crippen molar-refractivity contribution in [2.75, 3.05) is 0 Å². The Bertz CT molecular complexity index is 463. The molecule has 78 valence electrons. The quantitative estimate of drug-likeness (QED) is 0.728.